The van der Waals surface area contributed by atoms with E-state index in [0.717, 1.165) is 12.1 Å². The van der Waals surface area contributed by atoms with E-state index in [1.807, 2.05) is 5.32 Å². The summed E-state index contributed by atoms with van der Waals surface area (Å²) in [6, 6.07) is 8.56. The zero-order valence-electron chi connectivity index (χ0n) is 12.0. The fourth-order valence-electron chi connectivity index (χ4n) is 1.77. The smallest absolute Gasteiger partial charge is 0.314 e. The Kier molecular flexibility index (Phi) is 4.80. The first-order valence-corrected chi connectivity index (χ1v) is 6.55. The minimum atomic E-state index is -1.12. The lowest BCUT2D eigenvalue weighted by atomic mass is 10.1. The molecule has 0 heterocycles. The summed E-state index contributed by atoms with van der Waals surface area (Å²) >= 11 is 0. The number of carbonyl (C=O) groups excluding carboxylic acids is 3. The van der Waals surface area contributed by atoms with Crippen molar-refractivity contribution >= 4 is 29.0 Å². The van der Waals surface area contributed by atoms with E-state index in [4.69, 9.17) is 0 Å². The van der Waals surface area contributed by atoms with Gasteiger partial charge in [-0.05, 0) is 31.2 Å². The third-order valence-corrected chi connectivity index (χ3v) is 2.91. The van der Waals surface area contributed by atoms with Crippen molar-refractivity contribution in [3.8, 4) is 0 Å². The molecular weight excluding hydrogens is 306 g/mol. The molecule has 0 saturated heterocycles. The Morgan fingerprint density at radius 3 is 2.26 bits per heavy atom. The van der Waals surface area contributed by atoms with Gasteiger partial charge in [0, 0.05) is 17.3 Å². The maximum absolute atomic E-state index is 13.4. The average Bonchev–Trinajstić information content (AvgIpc) is 2.50. The van der Waals surface area contributed by atoms with Crippen molar-refractivity contribution in [3.05, 3.63) is 59.7 Å². The highest BCUT2D eigenvalue weighted by molar-refractivity contribution is 6.43. The Bertz CT molecular complexity index is 791. The summed E-state index contributed by atoms with van der Waals surface area (Å²) in [5, 5.41) is 4.32. The third-order valence-electron chi connectivity index (χ3n) is 2.91. The lowest BCUT2D eigenvalue weighted by Gasteiger charge is -2.08. The van der Waals surface area contributed by atoms with Crippen LogP contribution in [0.3, 0.4) is 0 Å². The first-order valence-electron chi connectivity index (χ1n) is 6.55. The van der Waals surface area contributed by atoms with Crippen molar-refractivity contribution in [2.75, 3.05) is 10.6 Å². The molecule has 0 bridgehead atoms. The highest BCUT2D eigenvalue weighted by Gasteiger charge is 2.16. The molecule has 0 aliphatic carbocycles. The van der Waals surface area contributed by atoms with Gasteiger partial charge in [-0.1, -0.05) is 12.1 Å². The Morgan fingerprint density at radius 1 is 0.913 bits per heavy atom. The number of Topliss-reactive ketones (excluding diaryl/α,β-unsaturated/α-hetero) is 1. The molecule has 2 N–H and O–H groups in total. The van der Waals surface area contributed by atoms with Crippen molar-refractivity contribution in [2.24, 2.45) is 0 Å². The SMILES string of the molecule is CC(=O)c1cccc(NC(=O)C(=O)Nc2ccc(F)cc2F)c1. The lowest BCUT2D eigenvalue weighted by molar-refractivity contribution is -0.133. The zero-order chi connectivity index (χ0) is 17.0. The van der Waals surface area contributed by atoms with Gasteiger partial charge >= 0.3 is 11.8 Å². The van der Waals surface area contributed by atoms with E-state index in [2.05, 4.69) is 5.32 Å². The molecule has 5 nitrogen and oxygen atoms in total. The zero-order valence-corrected chi connectivity index (χ0v) is 12.0. The minimum absolute atomic E-state index is 0.195. The van der Waals surface area contributed by atoms with Crippen molar-refractivity contribution < 1.29 is 23.2 Å². The molecule has 0 aromatic heterocycles. The molecule has 0 aliphatic rings. The van der Waals surface area contributed by atoms with Gasteiger partial charge < -0.3 is 10.6 Å². The second-order valence-electron chi connectivity index (χ2n) is 4.67. The van der Waals surface area contributed by atoms with E-state index in [0.29, 0.717) is 11.6 Å². The molecule has 2 aromatic rings. The van der Waals surface area contributed by atoms with Gasteiger partial charge in [0.2, 0.25) is 0 Å². The highest BCUT2D eigenvalue weighted by Crippen LogP contribution is 2.15. The van der Waals surface area contributed by atoms with Crippen LogP contribution in [0.5, 0.6) is 0 Å². The normalized spacial score (nSPS) is 10.0. The summed E-state index contributed by atoms with van der Waals surface area (Å²) in [6.45, 7) is 1.37. The summed E-state index contributed by atoms with van der Waals surface area (Å²) in [6.07, 6.45) is 0. The van der Waals surface area contributed by atoms with Gasteiger partial charge in [-0.3, -0.25) is 14.4 Å². The van der Waals surface area contributed by atoms with Crippen molar-refractivity contribution in [1.82, 2.24) is 0 Å². The molecule has 7 heteroatoms. The van der Waals surface area contributed by atoms with Gasteiger partial charge in [-0.25, -0.2) is 8.78 Å². The first kappa shape index (κ1) is 16.3. The van der Waals surface area contributed by atoms with Crippen molar-refractivity contribution in [2.45, 2.75) is 6.92 Å². The lowest BCUT2D eigenvalue weighted by Crippen LogP contribution is -2.29. The largest absolute Gasteiger partial charge is 0.318 e. The summed E-state index contributed by atoms with van der Waals surface area (Å²) in [5.74, 6) is -4.16. The van der Waals surface area contributed by atoms with E-state index in [1.54, 1.807) is 12.1 Å². The number of nitrogens with one attached hydrogen (secondary N) is 2. The molecule has 2 aromatic carbocycles. The molecule has 0 radical (unpaired) electrons. The number of hydrogen-bond acceptors (Lipinski definition) is 3. The average molecular weight is 318 g/mol. The Morgan fingerprint density at radius 2 is 1.61 bits per heavy atom. The van der Waals surface area contributed by atoms with Crippen LogP contribution in [-0.4, -0.2) is 17.6 Å². The second kappa shape index (κ2) is 6.78. The summed E-state index contributed by atoms with van der Waals surface area (Å²) in [7, 11) is 0. The molecule has 0 aliphatic heterocycles. The number of ketones is 1. The first-order chi connectivity index (χ1) is 10.9. The van der Waals surface area contributed by atoms with Crippen LogP contribution < -0.4 is 10.6 Å². The van der Waals surface area contributed by atoms with Crippen LogP contribution >= 0.6 is 0 Å². The molecular formula is C16H12F2N2O3. The molecule has 0 saturated carbocycles. The van der Waals surface area contributed by atoms with Crippen LogP contribution in [0, 0.1) is 11.6 Å². The third kappa shape index (κ3) is 4.19. The van der Waals surface area contributed by atoms with Crippen LogP contribution in [0.25, 0.3) is 0 Å². The summed E-state index contributed by atoms with van der Waals surface area (Å²) in [5.41, 5.74) is 0.300. The number of rotatable bonds is 3. The fraction of sp³-hybridized carbons (Fsp3) is 0.0625. The molecule has 118 valence electrons. The van der Waals surface area contributed by atoms with Crippen LogP contribution in [0.2, 0.25) is 0 Å². The fourth-order valence-corrected chi connectivity index (χ4v) is 1.77. The van der Waals surface area contributed by atoms with Crippen molar-refractivity contribution in [1.29, 1.82) is 0 Å². The molecule has 23 heavy (non-hydrogen) atoms. The van der Waals surface area contributed by atoms with E-state index in [-0.39, 0.29) is 17.2 Å². The van der Waals surface area contributed by atoms with Gasteiger partial charge in [0.15, 0.2) is 5.78 Å². The van der Waals surface area contributed by atoms with Crippen molar-refractivity contribution in [3.63, 3.8) is 0 Å². The van der Waals surface area contributed by atoms with E-state index in [9.17, 15) is 23.2 Å². The predicted molar refractivity (Wildman–Crippen MR) is 80.1 cm³/mol. The quantitative estimate of drug-likeness (QED) is 0.675. The van der Waals surface area contributed by atoms with Gasteiger partial charge in [-0.15, -0.1) is 0 Å². The monoisotopic (exact) mass is 318 g/mol. The van der Waals surface area contributed by atoms with Crippen LogP contribution in [0.15, 0.2) is 42.5 Å². The highest BCUT2D eigenvalue weighted by atomic mass is 19.1. The number of carbonyl (C=O) groups is 3. The van der Waals surface area contributed by atoms with E-state index < -0.39 is 23.4 Å². The topological polar surface area (TPSA) is 75.3 Å². The summed E-state index contributed by atoms with van der Waals surface area (Å²) in [4.78, 5) is 34.8. The maximum atomic E-state index is 13.4. The molecule has 0 atom stereocenters. The van der Waals surface area contributed by atoms with E-state index >= 15 is 0 Å². The molecule has 2 rings (SSSR count). The second-order valence-corrected chi connectivity index (χ2v) is 4.67. The van der Waals surface area contributed by atoms with Crippen LogP contribution in [0.4, 0.5) is 20.2 Å². The minimum Gasteiger partial charge on any atom is -0.318 e. The molecule has 0 fully saturated rings. The predicted octanol–water partition coefficient (Wildman–Crippen LogP) is 2.74. The Hall–Kier alpha value is -3.09. The number of hydrogen-bond donors (Lipinski definition) is 2. The number of amides is 2. The van der Waals surface area contributed by atoms with Crippen LogP contribution in [-0.2, 0) is 9.59 Å². The molecule has 0 unspecified atom stereocenters. The maximum Gasteiger partial charge on any atom is 0.314 e. The molecule has 0 spiro atoms. The molecule has 2 amide bonds. The Balaban J connectivity index is 2.07. The van der Waals surface area contributed by atoms with Gasteiger partial charge in [0.1, 0.15) is 11.6 Å². The number of benzene rings is 2. The van der Waals surface area contributed by atoms with Gasteiger partial charge in [0.25, 0.3) is 0 Å². The van der Waals surface area contributed by atoms with Gasteiger partial charge in [0.05, 0.1) is 5.69 Å². The number of anilines is 2. The standard InChI is InChI=1S/C16H12F2N2O3/c1-9(21)10-3-2-4-12(7-10)19-15(22)16(23)20-14-6-5-11(17)8-13(14)18/h2-8H,1H3,(H,19,22)(H,20,23). The van der Waals surface area contributed by atoms with Gasteiger partial charge in [-0.2, -0.15) is 0 Å². The number of halogens is 2. The van der Waals surface area contributed by atoms with Crippen LogP contribution in [0.1, 0.15) is 17.3 Å². The Labute approximate surface area is 130 Å². The summed E-state index contributed by atoms with van der Waals surface area (Å²) < 4.78 is 26.2. The van der Waals surface area contributed by atoms with E-state index in [1.165, 1.54) is 19.1 Å².